The van der Waals surface area contributed by atoms with Crippen LogP contribution in [-0.4, -0.2) is 5.78 Å². The van der Waals surface area contributed by atoms with Crippen LogP contribution in [0.3, 0.4) is 0 Å². The molecule has 1 aliphatic heterocycles. The lowest BCUT2D eigenvalue weighted by atomic mass is 10.1. The first-order valence-electron chi connectivity index (χ1n) is 8.41. The fourth-order valence-electron chi connectivity index (χ4n) is 2.76. The zero-order valence-electron chi connectivity index (χ0n) is 14.6. The van der Waals surface area contributed by atoms with E-state index in [0.717, 1.165) is 16.0 Å². The molecule has 0 saturated heterocycles. The normalized spacial score (nSPS) is 14.4. The maximum Gasteiger partial charge on any atom is 0.232 e. The number of aryl methyl sites for hydroxylation is 2. The second-order valence-corrected chi connectivity index (χ2v) is 7.29. The second-order valence-electron chi connectivity index (χ2n) is 6.34. The number of hydrogen-bond acceptors (Lipinski definition) is 4. The van der Waals surface area contributed by atoms with Gasteiger partial charge in [-0.25, -0.2) is 0 Å². The highest BCUT2D eigenvalue weighted by atomic mass is 32.1. The summed E-state index contributed by atoms with van der Waals surface area (Å²) in [4.78, 5) is 13.6. The van der Waals surface area contributed by atoms with Gasteiger partial charge in [-0.1, -0.05) is 29.8 Å². The van der Waals surface area contributed by atoms with Crippen molar-refractivity contribution >= 4 is 23.2 Å². The molecule has 2 heterocycles. The van der Waals surface area contributed by atoms with Crippen molar-refractivity contribution in [1.29, 1.82) is 0 Å². The Morgan fingerprint density at radius 2 is 1.88 bits per heavy atom. The van der Waals surface area contributed by atoms with Crippen LogP contribution < -0.4 is 9.47 Å². The van der Waals surface area contributed by atoms with E-state index in [9.17, 15) is 4.79 Å². The average molecular weight is 362 g/mol. The van der Waals surface area contributed by atoms with Crippen molar-refractivity contribution in [3.8, 4) is 11.5 Å². The van der Waals surface area contributed by atoms with E-state index in [1.165, 1.54) is 5.56 Å². The SMILES string of the molecule is Cc1ccc(COc2ccc3c(c2)O/C(=C/c2sccc2C)C3=O)cc1. The van der Waals surface area contributed by atoms with Crippen molar-refractivity contribution in [2.24, 2.45) is 0 Å². The first-order chi connectivity index (χ1) is 12.6. The van der Waals surface area contributed by atoms with Gasteiger partial charge in [0.2, 0.25) is 5.78 Å². The van der Waals surface area contributed by atoms with Crippen molar-refractivity contribution in [3.63, 3.8) is 0 Å². The van der Waals surface area contributed by atoms with Gasteiger partial charge in [0.1, 0.15) is 18.1 Å². The summed E-state index contributed by atoms with van der Waals surface area (Å²) in [6.07, 6.45) is 1.81. The van der Waals surface area contributed by atoms with Gasteiger partial charge in [-0.2, -0.15) is 0 Å². The Hall–Kier alpha value is -2.85. The van der Waals surface area contributed by atoms with Gasteiger partial charge >= 0.3 is 0 Å². The van der Waals surface area contributed by atoms with Crippen LogP contribution >= 0.6 is 11.3 Å². The highest BCUT2D eigenvalue weighted by molar-refractivity contribution is 7.11. The summed E-state index contributed by atoms with van der Waals surface area (Å²) in [7, 11) is 0. The Morgan fingerprint density at radius 3 is 2.62 bits per heavy atom. The summed E-state index contributed by atoms with van der Waals surface area (Å²) in [6.45, 7) is 4.55. The third kappa shape index (κ3) is 3.28. The van der Waals surface area contributed by atoms with E-state index >= 15 is 0 Å². The first kappa shape index (κ1) is 16.6. The van der Waals surface area contributed by atoms with Crippen LogP contribution in [0.4, 0.5) is 0 Å². The summed E-state index contributed by atoms with van der Waals surface area (Å²) in [5.74, 6) is 1.52. The van der Waals surface area contributed by atoms with E-state index < -0.39 is 0 Å². The fourth-order valence-corrected chi connectivity index (χ4v) is 3.61. The minimum absolute atomic E-state index is 0.0853. The lowest BCUT2D eigenvalue weighted by molar-refractivity contribution is 0.101. The molecule has 0 radical (unpaired) electrons. The van der Waals surface area contributed by atoms with Crippen LogP contribution in [-0.2, 0) is 6.61 Å². The summed E-state index contributed by atoms with van der Waals surface area (Å²) in [6, 6.07) is 15.6. The molecule has 0 N–H and O–H groups in total. The molecule has 4 heteroatoms. The molecule has 0 atom stereocenters. The van der Waals surface area contributed by atoms with E-state index in [0.29, 0.717) is 29.4 Å². The molecule has 1 aromatic heterocycles. The number of Topliss-reactive ketones (excluding diaryl/α,β-unsaturated/α-hetero) is 1. The molecule has 0 amide bonds. The summed E-state index contributed by atoms with van der Waals surface area (Å²) < 4.78 is 11.6. The molecule has 3 nitrogen and oxygen atoms in total. The molecule has 0 saturated carbocycles. The molecule has 26 heavy (non-hydrogen) atoms. The minimum Gasteiger partial charge on any atom is -0.489 e. The molecule has 0 fully saturated rings. The molecule has 0 unspecified atom stereocenters. The van der Waals surface area contributed by atoms with Gasteiger partial charge in [0.15, 0.2) is 5.76 Å². The van der Waals surface area contributed by atoms with E-state index in [2.05, 4.69) is 19.1 Å². The lowest BCUT2D eigenvalue weighted by Crippen LogP contribution is -1.97. The molecule has 2 aromatic carbocycles. The lowest BCUT2D eigenvalue weighted by Gasteiger charge is -2.07. The maximum absolute atomic E-state index is 12.5. The van der Waals surface area contributed by atoms with Crippen molar-refractivity contribution in [1.82, 2.24) is 0 Å². The number of ketones is 1. The zero-order valence-corrected chi connectivity index (χ0v) is 15.4. The molecule has 0 spiro atoms. The predicted octanol–water partition coefficient (Wildman–Crippen LogP) is 5.56. The molecule has 130 valence electrons. The monoisotopic (exact) mass is 362 g/mol. The fraction of sp³-hybridized carbons (Fsp3) is 0.136. The van der Waals surface area contributed by atoms with Crippen LogP contribution in [0.15, 0.2) is 59.7 Å². The summed E-state index contributed by atoms with van der Waals surface area (Å²) in [5, 5.41) is 2.01. The summed E-state index contributed by atoms with van der Waals surface area (Å²) >= 11 is 1.59. The van der Waals surface area contributed by atoms with Crippen molar-refractivity contribution in [2.75, 3.05) is 0 Å². The minimum atomic E-state index is -0.0853. The van der Waals surface area contributed by atoms with Gasteiger partial charge < -0.3 is 9.47 Å². The zero-order chi connectivity index (χ0) is 18.1. The number of carbonyl (C=O) groups excluding carboxylic acids is 1. The maximum atomic E-state index is 12.5. The van der Waals surface area contributed by atoms with Crippen LogP contribution in [0.5, 0.6) is 11.5 Å². The van der Waals surface area contributed by atoms with Crippen molar-refractivity contribution in [3.05, 3.63) is 86.8 Å². The topological polar surface area (TPSA) is 35.5 Å². The average Bonchev–Trinajstić information content (AvgIpc) is 3.18. The second kappa shape index (κ2) is 6.81. The van der Waals surface area contributed by atoms with Gasteiger partial charge in [-0.3, -0.25) is 4.79 Å². The smallest absolute Gasteiger partial charge is 0.232 e. The van der Waals surface area contributed by atoms with Crippen molar-refractivity contribution in [2.45, 2.75) is 20.5 Å². The Bertz CT molecular complexity index is 996. The van der Waals surface area contributed by atoms with Gasteiger partial charge in [-0.15, -0.1) is 11.3 Å². The predicted molar refractivity (Wildman–Crippen MR) is 104 cm³/mol. The van der Waals surface area contributed by atoms with Crippen molar-refractivity contribution < 1.29 is 14.3 Å². The number of rotatable bonds is 4. The number of thiophene rings is 1. The van der Waals surface area contributed by atoms with Crippen LogP contribution in [0.2, 0.25) is 0 Å². The van der Waals surface area contributed by atoms with Crippen LogP contribution in [0.25, 0.3) is 6.08 Å². The Labute approximate surface area is 156 Å². The summed E-state index contributed by atoms with van der Waals surface area (Å²) in [5.41, 5.74) is 4.03. The van der Waals surface area contributed by atoms with Gasteiger partial charge in [0, 0.05) is 17.0 Å². The molecular weight excluding hydrogens is 344 g/mol. The molecule has 1 aliphatic rings. The number of hydrogen-bond donors (Lipinski definition) is 0. The van der Waals surface area contributed by atoms with Gasteiger partial charge in [0.25, 0.3) is 0 Å². The molecule has 4 rings (SSSR count). The molecule has 3 aromatic rings. The van der Waals surface area contributed by atoms with Crippen LogP contribution in [0.1, 0.15) is 31.9 Å². The largest absolute Gasteiger partial charge is 0.489 e. The number of fused-ring (bicyclic) bond motifs is 1. The van der Waals surface area contributed by atoms with Gasteiger partial charge in [-0.05, 0) is 48.6 Å². The standard InChI is InChI=1S/C22H18O3S/c1-14-3-5-16(6-4-14)13-24-17-7-8-18-19(11-17)25-20(22(18)23)12-21-15(2)9-10-26-21/h3-12H,13H2,1-2H3/b20-12+. The molecule has 0 aliphatic carbocycles. The number of benzene rings is 2. The first-order valence-corrected chi connectivity index (χ1v) is 9.29. The third-order valence-corrected chi connectivity index (χ3v) is 5.30. The van der Waals surface area contributed by atoms with E-state index in [-0.39, 0.29) is 5.78 Å². The highest BCUT2D eigenvalue weighted by Crippen LogP contribution is 2.35. The van der Waals surface area contributed by atoms with Gasteiger partial charge in [0.05, 0.1) is 5.56 Å². The highest BCUT2D eigenvalue weighted by Gasteiger charge is 2.28. The molecule has 0 bridgehead atoms. The third-order valence-electron chi connectivity index (χ3n) is 4.33. The Kier molecular flexibility index (Phi) is 4.35. The number of allylic oxidation sites excluding steroid dienone is 1. The van der Waals surface area contributed by atoms with Crippen LogP contribution in [0, 0.1) is 13.8 Å². The molecular formula is C22H18O3S. The van der Waals surface area contributed by atoms with E-state index in [1.54, 1.807) is 23.5 Å². The Balaban J connectivity index is 1.51. The number of carbonyl (C=O) groups is 1. The number of ether oxygens (including phenoxy) is 2. The van der Waals surface area contributed by atoms with E-state index in [1.807, 2.05) is 42.6 Å². The Morgan fingerprint density at radius 1 is 1.08 bits per heavy atom. The van der Waals surface area contributed by atoms with E-state index in [4.69, 9.17) is 9.47 Å². The quantitative estimate of drug-likeness (QED) is 0.570.